The number of alkyl halides is 3. The minimum Gasteiger partial charge on any atom is -0.348 e. The van der Waals surface area contributed by atoms with Crippen molar-refractivity contribution in [3.05, 3.63) is 90.8 Å². The zero-order valence-corrected chi connectivity index (χ0v) is 20.6. The number of hydrogen-bond donors (Lipinski definition) is 3. The lowest BCUT2D eigenvalue weighted by molar-refractivity contribution is -0.122. The largest absolute Gasteiger partial charge is 0.405 e. The second-order valence-corrected chi connectivity index (χ2v) is 8.66. The number of hydrogen-bond acceptors (Lipinski definition) is 3. The van der Waals surface area contributed by atoms with Crippen molar-refractivity contribution in [1.29, 1.82) is 0 Å². The van der Waals surface area contributed by atoms with Gasteiger partial charge >= 0.3 is 12.2 Å². The lowest BCUT2D eigenvalue weighted by Crippen LogP contribution is -2.36. The number of imidazole rings is 1. The van der Waals surface area contributed by atoms with Crippen LogP contribution >= 0.6 is 0 Å². The zero-order valence-electron chi connectivity index (χ0n) is 20.6. The van der Waals surface area contributed by atoms with E-state index >= 15 is 0 Å². The molecule has 0 unspecified atom stereocenters. The third-order valence-corrected chi connectivity index (χ3v) is 5.84. The van der Waals surface area contributed by atoms with Crippen molar-refractivity contribution in [2.75, 3.05) is 18.4 Å². The summed E-state index contributed by atoms with van der Waals surface area (Å²) >= 11 is 0. The number of halogens is 3. The molecule has 1 aromatic heterocycles. The Kier molecular flexibility index (Phi) is 7.80. The molecule has 4 rings (SSSR count). The van der Waals surface area contributed by atoms with Gasteiger partial charge in [0, 0.05) is 23.5 Å². The first-order chi connectivity index (χ1) is 18.1. The molecule has 4 aromatic rings. The summed E-state index contributed by atoms with van der Waals surface area (Å²) in [5.41, 5.74) is 5.73. The molecule has 0 saturated carbocycles. The van der Waals surface area contributed by atoms with Crippen molar-refractivity contribution in [3.8, 4) is 16.8 Å². The Morgan fingerprint density at radius 1 is 0.974 bits per heavy atom. The normalized spacial score (nSPS) is 11.3. The van der Waals surface area contributed by atoms with Crippen molar-refractivity contribution < 1.29 is 22.8 Å². The molecule has 1 heterocycles. The molecule has 196 valence electrons. The predicted octanol–water partition coefficient (Wildman–Crippen LogP) is 6.07. The first-order valence-corrected chi connectivity index (χ1v) is 11.9. The maximum atomic E-state index is 12.5. The van der Waals surface area contributed by atoms with Crippen LogP contribution in [0.25, 0.3) is 27.8 Å². The molecule has 7 nitrogen and oxygen atoms in total. The number of carbonyl (C=O) groups is 2. The van der Waals surface area contributed by atoms with Gasteiger partial charge in [-0.2, -0.15) is 13.2 Å². The van der Waals surface area contributed by atoms with E-state index in [9.17, 15) is 22.8 Å². The number of carbonyl (C=O) groups excluding carboxylic acids is 2. The fourth-order valence-electron chi connectivity index (χ4n) is 3.76. The molecular formula is C28H26F3N5O2. The lowest BCUT2D eigenvalue weighted by atomic mass is 10.0. The molecule has 0 aliphatic heterocycles. The molecule has 3 aromatic carbocycles. The Balaban J connectivity index is 1.53. The van der Waals surface area contributed by atoms with E-state index in [1.54, 1.807) is 42.0 Å². The Morgan fingerprint density at radius 2 is 1.74 bits per heavy atom. The van der Waals surface area contributed by atoms with Crippen LogP contribution in [-0.2, 0) is 0 Å². The van der Waals surface area contributed by atoms with Gasteiger partial charge in [-0.15, -0.1) is 0 Å². The minimum atomic E-state index is -4.49. The average molecular weight is 522 g/mol. The van der Waals surface area contributed by atoms with E-state index in [1.165, 1.54) is 0 Å². The molecule has 10 heteroatoms. The Morgan fingerprint density at radius 3 is 2.50 bits per heavy atom. The van der Waals surface area contributed by atoms with Gasteiger partial charge in [0.15, 0.2) is 0 Å². The fraction of sp³-hybridized carbons (Fsp3) is 0.179. The molecule has 3 N–H and O–H groups in total. The summed E-state index contributed by atoms with van der Waals surface area (Å²) in [6.45, 7) is 4.90. The van der Waals surface area contributed by atoms with Gasteiger partial charge in [0.25, 0.3) is 5.91 Å². The first kappa shape index (κ1) is 26.5. The Bertz CT molecular complexity index is 1490. The molecular weight excluding hydrogens is 495 g/mol. The van der Waals surface area contributed by atoms with Crippen LogP contribution in [0.2, 0.25) is 0 Å². The van der Waals surface area contributed by atoms with Gasteiger partial charge in [-0.25, -0.2) is 9.78 Å². The molecule has 0 aliphatic rings. The summed E-state index contributed by atoms with van der Waals surface area (Å²) in [6, 6.07) is 18.8. The van der Waals surface area contributed by atoms with Crippen LogP contribution in [0.15, 0.2) is 85.2 Å². The number of urea groups is 1. The maximum Gasteiger partial charge on any atom is 0.405 e. The summed E-state index contributed by atoms with van der Waals surface area (Å²) in [5.74, 6) is -0.174. The van der Waals surface area contributed by atoms with Gasteiger partial charge in [0.1, 0.15) is 12.9 Å². The molecule has 3 amide bonds. The second-order valence-electron chi connectivity index (χ2n) is 8.66. The monoisotopic (exact) mass is 521 g/mol. The van der Waals surface area contributed by atoms with Gasteiger partial charge in [-0.1, -0.05) is 43.3 Å². The first-order valence-electron chi connectivity index (χ1n) is 11.9. The van der Waals surface area contributed by atoms with E-state index in [2.05, 4.69) is 22.2 Å². The molecule has 0 bridgehead atoms. The van der Waals surface area contributed by atoms with Crippen molar-refractivity contribution >= 4 is 28.7 Å². The fourth-order valence-corrected chi connectivity index (χ4v) is 3.76. The van der Waals surface area contributed by atoms with Gasteiger partial charge in [-0.3, -0.25) is 9.36 Å². The van der Waals surface area contributed by atoms with Gasteiger partial charge in [0.2, 0.25) is 0 Å². The molecule has 0 fully saturated rings. The molecule has 0 radical (unpaired) electrons. The Hall–Kier alpha value is -4.60. The third-order valence-electron chi connectivity index (χ3n) is 5.84. The second kappa shape index (κ2) is 11.2. The van der Waals surface area contributed by atoms with Crippen LogP contribution in [0.3, 0.4) is 0 Å². The highest BCUT2D eigenvalue weighted by molar-refractivity contribution is 5.96. The average Bonchev–Trinajstić information content (AvgIpc) is 3.33. The van der Waals surface area contributed by atoms with E-state index in [0.29, 0.717) is 29.0 Å². The van der Waals surface area contributed by atoms with Crippen molar-refractivity contribution in [1.82, 2.24) is 20.2 Å². The summed E-state index contributed by atoms with van der Waals surface area (Å²) in [6.07, 6.45) is -2.07. The van der Waals surface area contributed by atoms with Crippen molar-refractivity contribution in [2.45, 2.75) is 19.5 Å². The third kappa shape index (κ3) is 6.58. The number of aromatic nitrogens is 2. The summed E-state index contributed by atoms with van der Waals surface area (Å²) in [5, 5.41) is 7.06. The maximum absolute atomic E-state index is 12.5. The molecule has 38 heavy (non-hydrogen) atoms. The smallest absolute Gasteiger partial charge is 0.348 e. The van der Waals surface area contributed by atoms with Crippen LogP contribution in [0, 0.1) is 0 Å². The van der Waals surface area contributed by atoms with Gasteiger partial charge < -0.3 is 16.0 Å². The van der Waals surface area contributed by atoms with Crippen molar-refractivity contribution in [2.24, 2.45) is 0 Å². The topological polar surface area (TPSA) is 88.1 Å². The minimum absolute atomic E-state index is 0.174. The number of nitrogens with zero attached hydrogens (tertiary/aromatic N) is 2. The van der Waals surface area contributed by atoms with Crippen LogP contribution < -0.4 is 16.0 Å². The highest BCUT2D eigenvalue weighted by atomic mass is 19.4. The number of nitrogens with one attached hydrogen (secondary N) is 3. The van der Waals surface area contributed by atoms with E-state index in [0.717, 1.165) is 28.6 Å². The number of rotatable bonds is 8. The van der Waals surface area contributed by atoms with E-state index < -0.39 is 18.8 Å². The summed E-state index contributed by atoms with van der Waals surface area (Å²) < 4.78 is 38.8. The molecule has 0 saturated heterocycles. The zero-order chi connectivity index (χ0) is 27.3. The van der Waals surface area contributed by atoms with Gasteiger partial charge in [0.05, 0.1) is 11.0 Å². The number of benzene rings is 3. The van der Waals surface area contributed by atoms with E-state index in [1.807, 2.05) is 47.9 Å². The van der Waals surface area contributed by atoms with Crippen LogP contribution in [-0.4, -0.2) is 40.8 Å². The van der Waals surface area contributed by atoms with Gasteiger partial charge in [-0.05, 0) is 60.0 Å². The number of fused-ring (bicyclic) bond motifs is 1. The lowest BCUT2D eigenvalue weighted by Gasteiger charge is -2.11. The van der Waals surface area contributed by atoms with Crippen LogP contribution in [0.5, 0.6) is 0 Å². The van der Waals surface area contributed by atoms with E-state index in [4.69, 9.17) is 0 Å². The SMILES string of the molecule is C=C(CC)CNC(=O)c1cccc(-c2ccc3c(c2)ncn3-c2cccc(NC(=O)NCC(F)(F)F)c2)c1. The number of amides is 3. The highest BCUT2D eigenvalue weighted by Gasteiger charge is 2.27. The standard InChI is InChI=1S/C28H26F3N5O2/c1-3-18(2)15-32-26(37)21-7-4-6-19(12-21)20-10-11-25-24(13-20)34-17-36(25)23-9-5-8-22(14-23)35-27(38)33-16-28(29,30)31/h4-14,17H,2-3,15-16H2,1H3,(H,32,37)(H2,33,35,38). The van der Waals surface area contributed by atoms with E-state index in [-0.39, 0.29) is 5.91 Å². The molecule has 0 aliphatic carbocycles. The Labute approximate surface area is 217 Å². The quantitative estimate of drug-likeness (QED) is 0.246. The number of anilines is 1. The predicted molar refractivity (Wildman–Crippen MR) is 141 cm³/mol. The van der Waals surface area contributed by atoms with Crippen molar-refractivity contribution in [3.63, 3.8) is 0 Å². The van der Waals surface area contributed by atoms with Crippen LogP contribution in [0.1, 0.15) is 23.7 Å². The summed E-state index contributed by atoms with van der Waals surface area (Å²) in [7, 11) is 0. The highest BCUT2D eigenvalue weighted by Crippen LogP contribution is 2.27. The molecule has 0 atom stereocenters. The summed E-state index contributed by atoms with van der Waals surface area (Å²) in [4.78, 5) is 28.9. The molecule has 0 spiro atoms. The van der Waals surface area contributed by atoms with Crippen LogP contribution in [0.4, 0.5) is 23.7 Å².